The average Bonchev–Trinajstić information content (AvgIpc) is 2.83. The Morgan fingerprint density at radius 3 is 2.55 bits per heavy atom. The number of pyridine rings is 1. The van der Waals surface area contributed by atoms with Crippen LogP contribution in [-0.2, 0) is 11.2 Å². The minimum atomic E-state index is -0.121. The fourth-order valence-corrected chi connectivity index (χ4v) is 3.59. The van der Waals surface area contributed by atoms with Crippen LogP contribution in [0.4, 0.5) is 11.6 Å². The van der Waals surface area contributed by atoms with Gasteiger partial charge in [-0.2, -0.15) is 0 Å². The van der Waals surface area contributed by atoms with Gasteiger partial charge in [-0.25, -0.2) is 9.97 Å². The fraction of sp³-hybridized carbons (Fsp3) is 0.154. The van der Waals surface area contributed by atoms with E-state index in [1.807, 2.05) is 54.6 Å². The number of amides is 1. The summed E-state index contributed by atoms with van der Waals surface area (Å²) >= 11 is 0. The van der Waals surface area contributed by atoms with Crippen LogP contribution < -0.4 is 16.4 Å². The van der Waals surface area contributed by atoms with Crippen LogP contribution in [0.5, 0.6) is 0 Å². The second-order valence-corrected chi connectivity index (χ2v) is 7.78. The van der Waals surface area contributed by atoms with Gasteiger partial charge in [-0.15, -0.1) is 0 Å². The molecule has 0 fully saturated rings. The molecule has 2 heterocycles. The molecule has 0 saturated carbocycles. The Kier molecular flexibility index (Phi) is 7.02. The first-order valence-corrected chi connectivity index (χ1v) is 10.8. The van der Waals surface area contributed by atoms with E-state index in [0.717, 1.165) is 34.5 Å². The molecule has 0 aliphatic carbocycles. The van der Waals surface area contributed by atoms with E-state index in [9.17, 15) is 4.79 Å². The third-order valence-electron chi connectivity index (χ3n) is 5.10. The predicted octanol–water partition coefficient (Wildman–Crippen LogP) is 4.15. The Balaban J connectivity index is 1.59. The van der Waals surface area contributed by atoms with Crippen molar-refractivity contribution >= 4 is 17.5 Å². The third kappa shape index (κ3) is 5.99. The smallest absolute Gasteiger partial charge is 0.223 e. The Bertz CT molecular complexity index is 1210. The number of nitrogens with one attached hydrogen (secondary N) is 2. The first-order valence-electron chi connectivity index (χ1n) is 10.8. The van der Waals surface area contributed by atoms with Crippen LogP contribution >= 0.6 is 0 Å². The molecule has 2 aromatic carbocycles. The molecular formula is C26H26N6O. The second kappa shape index (κ2) is 10.5. The van der Waals surface area contributed by atoms with Crippen molar-refractivity contribution in [3.8, 4) is 22.4 Å². The van der Waals surface area contributed by atoms with E-state index in [1.54, 1.807) is 18.6 Å². The zero-order valence-electron chi connectivity index (χ0n) is 18.4. The van der Waals surface area contributed by atoms with Crippen LogP contribution in [0.2, 0.25) is 0 Å². The molecule has 7 heteroatoms. The molecule has 0 unspecified atom stereocenters. The molecule has 7 nitrogen and oxygen atoms in total. The van der Waals surface area contributed by atoms with Gasteiger partial charge in [0.15, 0.2) is 0 Å². The molecule has 33 heavy (non-hydrogen) atoms. The molecule has 1 atom stereocenters. The summed E-state index contributed by atoms with van der Waals surface area (Å²) in [6.45, 7) is 2.03. The number of nitrogens with zero attached hydrogens (tertiary/aromatic N) is 3. The largest absolute Gasteiger partial charge is 0.353 e. The molecular weight excluding hydrogens is 412 g/mol. The standard InChI is InChI=1S/C26H26N6O/c1-18(33)31-23-9-5-8-21(15-23)24-17-30-26(32-25(24)20-10-12-28-13-11-20)29-16-22(27)14-19-6-3-2-4-7-19/h2-13,15,17,22H,14,16,27H2,1H3,(H,31,33)(H,29,30,32)/t22-/m0/s1. The monoisotopic (exact) mass is 438 g/mol. The van der Waals surface area contributed by atoms with E-state index in [2.05, 4.69) is 32.7 Å². The summed E-state index contributed by atoms with van der Waals surface area (Å²) in [6.07, 6.45) is 6.02. The van der Waals surface area contributed by atoms with Gasteiger partial charge in [-0.05, 0) is 41.8 Å². The highest BCUT2D eigenvalue weighted by atomic mass is 16.1. The molecule has 0 spiro atoms. The van der Waals surface area contributed by atoms with Gasteiger partial charge < -0.3 is 16.4 Å². The normalized spacial score (nSPS) is 11.6. The van der Waals surface area contributed by atoms with Crippen molar-refractivity contribution in [2.45, 2.75) is 19.4 Å². The molecule has 4 rings (SSSR count). The highest BCUT2D eigenvalue weighted by Crippen LogP contribution is 2.31. The van der Waals surface area contributed by atoms with Crippen LogP contribution in [0, 0.1) is 0 Å². The van der Waals surface area contributed by atoms with Crippen LogP contribution in [0.25, 0.3) is 22.4 Å². The number of hydrogen-bond donors (Lipinski definition) is 3. The van der Waals surface area contributed by atoms with Crippen molar-refractivity contribution < 1.29 is 4.79 Å². The van der Waals surface area contributed by atoms with Crippen molar-refractivity contribution in [3.63, 3.8) is 0 Å². The molecule has 0 bridgehead atoms. The van der Waals surface area contributed by atoms with Crippen molar-refractivity contribution in [1.82, 2.24) is 15.0 Å². The van der Waals surface area contributed by atoms with Crippen LogP contribution in [0.15, 0.2) is 85.3 Å². The fourth-order valence-electron chi connectivity index (χ4n) is 3.59. The number of anilines is 2. The van der Waals surface area contributed by atoms with Crippen molar-refractivity contribution in [2.75, 3.05) is 17.2 Å². The summed E-state index contributed by atoms with van der Waals surface area (Å²) in [6, 6.07) is 21.5. The highest BCUT2D eigenvalue weighted by molar-refractivity contribution is 5.90. The number of aromatic nitrogens is 3. The van der Waals surface area contributed by atoms with E-state index in [0.29, 0.717) is 12.5 Å². The molecule has 2 aromatic heterocycles. The van der Waals surface area contributed by atoms with E-state index in [-0.39, 0.29) is 11.9 Å². The minimum Gasteiger partial charge on any atom is -0.353 e. The SMILES string of the molecule is CC(=O)Nc1cccc(-c2cnc(NC[C@@H](N)Cc3ccccc3)nc2-c2ccncc2)c1. The Labute approximate surface area is 193 Å². The summed E-state index contributed by atoms with van der Waals surface area (Å²) in [5.74, 6) is 0.385. The van der Waals surface area contributed by atoms with Gasteiger partial charge in [0, 0.05) is 54.9 Å². The number of benzene rings is 2. The number of carbonyl (C=O) groups excluding carboxylic acids is 1. The number of hydrogen-bond acceptors (Lipinski definition) is 6. The van der Waals surface area contributed by atoms with Crippen LogP contribution in [0.3, 0.4) is 0 Å². The molecule has 4 N–H and O–H groups in total. The lowest BCUT2D eigenvalue weighted by Gasteiger charge is -2.15. The lowest BCUT2D eigenvalue weighted by atomic mass is 10.0. The Morgan fingerprint density at radius 1 is 1.00 bits per heavy atom. The van der Waals surface area contributed by atoms with Gasteiger partial charge in [0.05, 0.1) is 5.69 Å². The van der Waals surface area contributed by atoms with Crippen LogP contribution in [-0.4, -0.2) is 33.4 Å². The first-order chi connectivity index (χ1) is 16.1. The molecule has 166 valence electrons. The van der Waals surface area contributed by atoms with E-state index >= 15 is 0 Å². The molecule has 0 saturated heterocycles. The zero-order valence-corrected chi connectivity index (χ0v) is 18.4. The van der Waals surface area contributed by atoms with Gasteiger partial charge in [0.1, 0.15) is 0 Å². The molecule has 0 aliphatic rings. The van der Waals surface area contributed by atoms with E-state index < -0.39 is 0 Å². The maximum absolute atomic E-state index is 11.5. The maximum Gasteiger partial charge on any atom is 0.223 e. The van der Waals surface area contributed by atoms with E-state index in [4.69, 9.17) is 10.7 Å². The number of nitrogens with two attached hydrogens (primary N) is 1. The van der Waals surface area contributed by atoms with Crippen molar-refractivity contribution in [1.29, 1.82) is 0 Å². The molecule has 1 amide bonds. The summed E-state index contributed by atoms with van der Waals surface area (Å²) in [4.78, 5) is 24.9. The summed E-state index contributed by atoms with van der Waals surface area (Å²) in [7, 11) is 0. The maximum atomic E-state index is 11.5. The van der Waals surface area contributed by atoms with Gasteiger partial charge in [-0.3, -0.25) is 9.78 Å². The quantitative estimate of drug-likeness (QED) is 0.382. The number of rotatable bonds is 8. The van der Waals surface area contributed by atoms with Gasteiger partial charge in [-0.1, -0.05) is 42.5 Å². The Hall–Kier alpha value is -4.10. The lowest BCUT2D eigenvalue weighted by molar-refractivity contribution is -0.114. The molecule has 0 aliphatic heterocycles. The predicted molar refractivity (Wildman–Crippen MR) is 132 cm³/mol. The van der Waals surface area contributed by atoms with Crippen molar-refractivity contribution in [2.24, 2.45) is 5.73 Å². The summed E-state index contributed by atoms with van der Waals surface area (Å²) in [5.41, 5.74) is 11.7. The summed E-state index contributed by atoms with van der Waals surface area (Å²) in [5, 5.41) is 6.09. The molecule has 0 radical (unpaired) electrons. The van der Waals surface area contributed by atoms with Gasteiger partial charge in [0.25, 0.3) is 0 Å². The third-order valence-corrected chi connectivity index (χ3v) is 5.10. The Morgan fingerprint density at radius 2 is 1.79 bits per heavy atom. The molecule has 4 aromatic rings. The topological polar surface area (TPSA) is 106 Å². The van der Waals surface area contributed by atoms with Crippen LogP contribution in [0.1, 0.15) is 12.5 Å². The zero-order chi connectivity index (χ0) is 23.0. The average molecular weight is 439 g/mol. The van der Waals surface area contributed by atoms with Crippen molar-refractivity contribution in [3.05, 3.63) is 90.9 Å². The summed E-state index contributed by atoms with van der Waals surface area (Å²) < 4.78 is 0. The first kappa shape index (κ1) is 22.1. The second-order valence-electron chi connectivity index (χ2n) is 7.78. The number of carbonyl (C=O) groups is 1. The van der Waals surface area contributed by atoms with Gasteiger partial charge in [0.2, 0.25) is 11.9 Å². The highest BCUT2D eigenvalue weighted by Gasteiger charge is 2.13. The van der Waals surface area contributed by atoms with Gasteiger partial charge >= 0.3 is 0 Å². The van der Waals surface area contributed by atoms with E-state index in [1.165, 1.54) is 12.5 Å². The lowest BCUT2D eigenvalue weighted by Crippen LogP contribution is -2.31. The minimum absolute atomic E-state index is 0.0746.